The number of aryl methyl sites for hydroxylation is 1. The average molecular weight is 333 g/mol. The van der Waals surface area contributed by atoms with E-state index < -0.39 is 0 Å². The molecule has 5 heteroatoms. The Hall–Kier alpha value is -3.34. The maximum Gasteiger partial charge on any atom is 0.287 e. The molecule has 5 nitrogen and oxygen atoms in total. The Morgan fingerprint density at radius 3 is 2.56 bits per heavy atom. The molecule has 126 valence electrons. The number of hydrogen-bond acceptors (Lipinski definition) is 3. The highest BCUT2D eigenvalue weighted by Crippen LogP contribution is 2.14. The normalized spacial score (nSPS) is 10.8. The van der Waals surface area contributed by atoms with Crippen molar-refractivity contribution in [2.75, 3.05) is 0 Å². The molecular weight excluding hydrogens is 314 g/mol. The molecule has 1 amide bonds. The molecule has 0 bridgehead atoms. The fourth-order valence-corrected chi connectivity index (χ4v) is 2.20. The van der Waals surface area contributed by atoms with Gasteiger partial charge in [0.1, 0.15) is 18.1 Å². The maximum absolute atomic E-state index is 11.7. The van der Waals surface area contributed by atoms with Gasteiger partial charge in [-0.05, 0) is 54.4 Å². The highest BCUT2D eigenvalue weighted by Gasteiger charge is 2.03. The molecule has 0 atom stereocenters. The number of amides is 1. The zero-order valence-corrected chi connectivity index (χ0v) is 13.9. The fraction of sp³-hybridized carbons (Fsp3) is 0.100. The number of ether oxygens (including phenoxy) is 1. The van der Waals surface area contributed by atoms with Crippen molar-refractivity contribution >= 4 is 12.1 Å². The summed E-state index contributed by atoms with van der Waals surface area (Å²) in [6.07, 6.45) is 3.28. The van der Waals surface area contributed by atoms with Crippen LogP contribution in [0.3, 0.4) is 0 Å². The molecule has 3 rings (SSSR count). The Labute approximate surface area is 146 Å². The molecule has 2 aromatic carbocycles. The SMILES string of the molecule is Cc1ccc(COc2ccc(/C=N\NC(=O)c3ccc[nH]3)cc2)cc1. The van der Waals surface area contributed by atoms with Gasteiger partial charge in [-0.1, -0.05) is 29.8 Å². The second kappa shape index (κ2) is 7.97. The molecule has 0 saturated carbocycles. The van der Waals surface area contributed by atoms with Crippen LogP contribution < -0.4 is 10.2 Å². The van der Waals surface area contributed by atoms with Crippen molar-refractivity contribution in [1.29, 1.82) is 0 Å². The minimum Gasteiger partial charge on any atom is -0.489 e. The Bertz CT molecular complexity index is 836. The number of aromatic amines is 1. The lowest BCUT2D eigenvalue weighted by atomic mass is 10.2. The first-order chi connectivity index (χ1) is 12.2. The molecule has 3 aromatic rings. The summed E-state index contributed by atoms with van der Waals surface area (Å²) in [6, 6.07) is 19.2. The predicted octanol–water partition coefficient (Wildman–Crippen LogP) is 3.67. The van der Waals surface area contributed by atoms with Crippen LogP contribution in [-0.2, 0) is 6.61 Å². The molecule has 25 heavy (non-hydrogen) atoms. The lowest BCUT2D eigenvalue weighted by Crippen LogP contribution is -2.17. The first-order valence-corrected chi connectivity index (χ1v) is 7.96. The molecule has 0 aliphatic heterocycles. The van der Waals surface area contributed by atoms with Gasteiger partial charge in [-0.25, -0.2) is 5.43 Å². The largest absolute Gasteiger partial charge is 0.489 e. The first kappa shape index (κ1) is 16.5. The van der Waals surface area contributed by atoms with Crippen molar-refractivity contribution in [3.05, 3.63) is 89.2 Å². The predicted molar refractivity (Wildman–Crippen MR) is 97.8 cm³/mol. The van der Waals surface area contributed by atoms with E-state index in [0.717, 1.165) is 16.9 Å². The molecular formula is C20H19N3O2. The van der Waals surface area contributed by atoms with Gasteiger partial charge in [-0.3, -0.25) is 4.79 Å². The van der Waals surface area contributed by atoms with E-state index in [4.69, 9.17) is 4.74 Å². The van der Waals surface area contributed by atoms with Crippen LogP contribution in [0.2, 0.25) is 0 Å². The zero-order chi connectivity index (χ0) is 17.5. The van der Waals surface area contributed by atoms with E-state index in [9.17, 15) is 4.79 Å². The van der Waals surface area contributed by atoms with E-state index in [0.29, 0.717) is 12.3 Å². The van der Waals surface area contributed by atoms with Crippen molar-refractivity contribution < 1.29 is 9.53 Å². The lowest BCUT2D eigenvalue weighted by Gasteiger charge is -2.06. The summed E-state index contributed by atoms with van der Waals surface area (Å²) in [5.74, 6) is 0.507. The van der Waals surface area contributed by atoms with Crippen molar-refractivity contribution in [1.82, 2.24) is 10.4 Å². The zero-order valence-electron chi connectivity index (χ0n) is 13.9. The Balaban J connectivity index is 1.50. The number of carbonyl (C=O) groups excluding carboxylic acids is 1. The Morgan fingerprint density at radius 1 is 1.12 bits per heavy atom. The third-order valence-corrected chi connectivity index (χ3v) is 3.63. The van der Waals surface area contributed by atoms with Crippen LogP contribution in [0.5, 0.6) is 5.75 Å². The third-order valence-electron chi connectivity index (χ3n) is 3.63. The van der Waals surface area contributed by atoms with E-state index >= 15 is 0 Å². The van der Waals surface area contributed by atoms with Crippen LogP contribution in [-0.4, -0.2) is 17.1 Å². The summed E-state index contributed by atoms with van der Waals surface area (Å²) in [7, 11) is 0. The van der Waals surface area contributed by atoms with Gasteiger partial charge >= 0.3 is 0 Å². The summed E-state index contributed by atoms with van der Waals surface area (Å²) >= 11 is 0. The molecule has 2 N–H and O–H groups in total. The average Bonchev–Trinajstić information content (AvgIpc) is 3.17. The fourth-order valence-electron chi connectivity index (χ4n) is 2.20. The minimum atomic E-state index is -0.278. The molecule has 0 fully saturated rings. The number of aromatic nitrogens is 1. The van der Waals surface area contributed by atoms with Gasteiger partial charge in [0.2, 0.25) is 0 Å². The number of benzene rings is 2. The summed E-state index contributed by atoms with van der Waals surface area (Å²) < 4.78 is 5.76. The van der Waals surface area contributed by atoms with Gasteiger partial charge in [0, 0.05) is 6.20 Å². The van der Waals surface area contributed by atoms with Gasteiger partial charge < -0.3 is 9.72 Å². The van der Waals surface area contributed by atoms with Crippen LogP contribution >= 0.6 is 0 Å². The molecule has 0 unspecified atom stereocenters. The third kappa shape index (κ3) is 4.81. The topological polar surface area (TPSA) is 66.5 Å². The van der Waals surface area contributed by atoms with Crippen LogP contribution in [0.4, 0.5) is 0 Å². The monoisotopic (exact) mass is 333 g/mol. The van der Waals surface area contributed by atoms with Crippen molar-refractivity contribution in [3.63, 3.8) is 0 Å². The second-order valence-corrected chi connectivity index (χ2v) is 5.63. The standard InChI is InChI=1S/C20H19N3O2/c1-15-4-6-17(7-5-15)14-25-18-10-8-16(9-11-18)13-22-23-20(24)19-3-2-12-21-19/h2-13,21H,14H2,1H3,(H,23,24)/b22-13-. The smallest absolute Gasteiger partial charge is 0.287 e. The summed E-state index contributed by atoms with van der Waals surface area (Å²) in [5, 5.41) is 3.94. The van der Waals surface area contributed by atoms with E-state index in [1.165, 1.54) is 5.56 Å². The van der Waals surface area contributed by atoms with E-state index in [1.807, 2.05) is 24.3 Å². The highest BCUT2D eigenvalue weighted by molar-refractivity contribution is 5.93. The van der Waals surface area contributed by atoms with Gasteiger partial charge in [0.15, 0.2) is 0 Å². The van der Waals surface area contributed by atoms with Crippen molar-refractivity contribution in [2.24, 2.45) is 5.10 Å². The van der Waals surface area contributed by atoms with Crippen LogP contribution in [0, 0.1) is 6.92 Å². The van der Waals surface area contributed by atoms with E-state index in [-0.39, 0.29) is 5.91 Å². The number of hydrazone groups is 1. The molecule has 0 radical (unpaired) electrons. The number of hydrogen-bond donors (Lipinski definition) is 2. The molecule has 0 spiro atoms. The lowest BCUT2D eigenvalue weighted by molar-refractivity contribution is 0.0951. The summed E-state index contributed by atoms with van der Waals surface area (Å²) in [6.45, 7) is 2.59. The Kier molecular flexibility index (Phi) is 5.26. The summed E-state index contributed by atoms with van der Waals surface area (Å²) in [5.41, 5.74) is 6.17. The van der Waals surface area contributed by atoms with Gasteiger partial charge in [0.25, 0.3) is 5.91 Å². The molecule has 1 aromatic heterocycles. The summed E-state index contributed by atoms with van der Waals surface area (Å²) in [4.78, 5) is 14.5. The van der Waals surface area contributed by atoms with Gasteiger partial charge in [0.05, 0.1) is 6.21 Å². The number of nitrogens with one attached hydrogen (secondary N) is 2. The van der Waals surface area contributed by atoms with Gasteiger partial charge in [-0.15, -0.1) is 0 Å². The quantitative estimate of drug-likeness (QED) is 0.534. The molecule has 0 aliphatic rings. The highest BCUT2D eigenvalue weighted by atomic mass is 16.5. The van der Waals surface area contributed by atoms with Crippen LogP contribution in [0.1, 0.15) is 27.2 Å². The van der Waals surface area contributed by atoms with Gasteiger partial charge in [-0.2, -0.15) is 5.10 Å². The Morgan fingerprint density at radius 2 is 1.88 bits per heavy atom. The molecule has 1 heterocycles. The van der Waals surface area contributed by atoms with Crippen molar-refractivity contribution in [2.45, 2.75) is 13.5 Å². The van der Waals surface area contributed by atoms with Crippen LogP contribution in [0.25, 0.3) is 0 Å². The number of nitrogens with zero attached hydrogens (tertiary/aromatic N) is 1. The first-order valence-electron chi connectivity index (χ1n) is 7.96. The maximum atomic E-state index is 11.7. The number of H-pyrrole nitrogens is 1. The number of carbonyl (C=O) groups is 1. The minimum absolute atomic E-state index is 0.278. The van der Waals surface area contributed by atoms with Crippen LogP contribution in [0.15, 0.2) is 72.0 Å². The van der Waals surface area contributed by atoms with Crippen molar-refractivity contribution in [3.8, 4) is 5.75 Å². The molecule has 0 saturated heterocycles. The second-order valence-electron chi connectivity index (χ2n) is 5.63. The number of rotatable bonds is 6. The molecule has 0 aliphatic carbocycles. The van der Waals surface area contributed by atoms with E-state index in [1.54, 1.807) is 24.5 Å². The van der Waals surface area contributed by atoms with E-state index in [2.05, 4.69) is 46.7 Å².